The summed E-state index contributed by atoms with van der Waals surface area (Å²) in [6.07, 6.45) is 16.4. The molecule has 0 aromatic rings. The fourth-order valence-corrected chi connectivity index (χ4v) is 11.7. The summed E-state index contributed by atoms with van der Waals surface area (Å²) < 4.78 is 2.91. The van der Waals surface area contributed by atoms with E-state index in [2.05, 4.69) is 55.1 Å². The topological polar surface area (TPSA) is 17.3 Å². The number of allylic oxidation sites excluding steroid dienone is 4. The van der Waals surface area contributed by atoms with E-state index in [1.165, 1.54) is 51.6 Å². The van der Waals surface area contributed by atoms with Gasteiger partial charge in [0.25, 0.3) is 0 Å². The van der Waals surface area contributed by atoms with E-state index >= 15 is 0 Å². The third-order valence-electron chi connectivity index (χ3n) is 8.54. The first-order chi connectivity index (χ1) is 14.4. The first-order valence-corrected chi connectivity index (χ1v) is 19.5. The fourth-order valence-electron chi connectivity index (χ4n) is 7.11. The molecule has 3 fully saturated rings. The number of fused-ring (bicyclic) bond motifs is 1. The molecule has 3 aliphatic carbocycles. The Hall–Kier alpha value is 0.911. The minimum atomic E-state index is -1.49. The Morgan fingerprint density at radius 2 is 1.71 bits per heavy atom. The molecule has 1 heterocycles. The van der Waals surface area contributed by atoms with Gasteiger partial charge in [-0.2, -0.15) is 0 Å². The maximum absolute atomic E-state index is 4.89. The van der Waals surface area contributed by atoms with Crippen LogP contribution in [-0.2, 0) is 17.0 Å². The summed E-state index contributed by atoms with van der Waals surface area (Å²) in [4.78, 5) is 0. The SMILES string of the molecule is CC(C)C1CC2C(C3CCCCC3)=CC=CC2C1[Si](C)(C)N1CC[N-]CC1.[CH3-].[Cl][Ti][Cl]. The van der Waals surface area contributed by atoms with Crippen LogP contribution in [0, 0.1) is 37.0 Å². The molecule has 4 unspecified atom stereocenters. The Labute approximate surface area is 210 Å². The Balaban J connectivity index is 0.000000808. The summed E-state index contributed by atoms with van der Waals surface area (Å²) in [5, 5.41) is 4.63. The van der Waals surface area contributed by atoms with Crippen molar-refractivity contribution in [2.75, 3.05) is 26.2 Å². The first-order valence-electron chi connectivity index (χ1n) is 12.1. The Kier molecular flexibility index (Phi) is 11.9. The summed E-state index contributed by atoms with van der Waals surface area (Å²) in [5.74, 6) is 4.25. The second-order valence-corrected chi connectivity index (χ2v) is 17.8. The molecule has 0 spiro atoms. The second-order valence-electron chi connectivity index (χ2n) is 10.6. The monoisotopic (exact) mass is 518 g/mol. The molecule has 0 bridgehead atoms. The van der Waals surface area contributed by atoms with Crippen molar-refractivity contribution in [2.45, 2.75) is 71.0 Å². The molecule has 31 heavy (non-hydrogen) atoms. The van der Waals surface area contributed by atoms with E-state index in [9.17, 15) is 0 Å². The third-order valence-corrected chi connectivity index (χ3v) is 13.1. The summed E-state index contributed by atoms with van der Waals surface area (Å²) in [6.45, 7) is 14.9. The standard InChI is InChI=1S/C24H41N2Si.CH3.2ClH.Ti/c1-18(2)22-17-23-20(19-9-6-5-7-10-19)11-8-12-21(23)24(22)27(3,4)26-15-13-25-14-16-26;;;;/h8,11-12,18-19,21-24H,5-7,9-10,13-17H2,1-4H3;1H3;2*1H;/q2*-1;;;+2/p-2. The van der Waals surface area contributed by atoms with Crippen LogP contribution < -0.4 is 0 Å². The van der Waals surface area contributed by atoms with Crippen molar-refractivity contribution in [1.29, 1.82) is 0 Å². The van der Waals surface area contributed by atoms with Crippen molar-refractivity contribution < 1.29 is 17.0 Å². The molecule has 178 valence electrons. The number of halogens is 2. The zero-order valence-corrected chi connectivity index (χ0v) is 24.5. The molecular formula is C25H44Cl2N2SiTi-2. The molecule has 4 rings (SSSR count). The molecule has 0 aromatic heterocycles. The van der Waals surface area contributed by atoms with E-state index in [4.69, 9.17) is 18.6 Å². The number of nitrogens with zero attached hydrogens (tertiary/aromatic N) is 2. The van der Waals surface area contributed by atoms with Gasteiger partial charge in [-0.05, 0) is 67.5 Å². The molecule has 2 saturated carbocycles. The molecule has 0 aromatic carbocycles. The molecule has 0 amide bonds. The predicted octanol–water partition coefficient (Wildman–Crippen LogP) is 8.06. The molecule has 6 heteroatoms. The van der Waals surface area contributed by atoms with Gasteiger partial charge in [0.2, 0.25) is 0 Å². The van der Waals surface area contributed by atoms with Crippen molar-refractivity contribution in [3.63, 3.8) is 0 Å². The first kappa shape index (κ1) is 28.2. The van der Waals surface area contributed by atoms with Crippen LogP contribution in [0.4, 0.5) is 0 Å². The van der Waals surface area contributed by atoms with Crippen molar-refractivity contribution in [3.05, 3.63) is 36.5 Å². The van der Waals surface area contributed by atoms with Gasteiger partial charge < -0.3 is 17.3 Å². The van der Waals surface area contributed by atoms with E-state index in [0.717, 1.165) is 48.2 Å². The third kappa shape index (κ3) is 6.53. The molecule has 4 atom stereocenters. The number of hydrogen-bond acceptors (Lipinski definition) is 1. The molecule has 1 aliphatic heterocycles. The van der Waals surface area contributed by atoms with Crippen LogP contribution in [0.25, 0.3) is 5.32 Å². The van der Waals surface area contributed by atoms with Gasteiger partial charge in [-0.15, -0.1) is 13.1 Å². The van der Waals surface area contributed by atoms with E-state index in [-0.39, 0.29) is 7.43 Å². The molecular weight excluding hydrogens is 475 g/mol. The van der Waals surface area contributed by atoms with Crippen LogP contribution in [-0.4, -0.2) is 39.0 Å². The van der Waals surface area contributed by atoms with Crippen molar-refractivity contribution in [3.8, 4) is 0 Å². The predicted molar refractivity (Wildman–Crippen MR) is 138 cm³/mol. The Bertz CT molecular complexity index is 598. The van der Waals surface area contributed by atoms with Crippen LogP contribution in [0.2, 0.25) is 18.6 Å². The molecule has 4 aliphatic rings. The van der Waals surface area contributed by atoms with Crippen molar-refractivity contribution in [1.82, 2.24) is 4.57 Å². The quantitative estimate of drug-likeness (QED) is 0.271. The molecule has 1 saturated heterocycles. The van der Waals surface area contributed by atoms with E-state index in [0.29, 0.717) is 0 Å². The average Bonchev–Trinajstić information content (AvgIpc) is 3.16. The van der Waals surface area contributed by atoms with Crippen molar-refractivity contribution >= 4 is 26.8 Å². The van der Waals surface area contributed by atoms with Crippen LogP contribution in [0.5, 0.6) is 0 Å². The normalized spacial score (nSPS) is 31.9. The summed E-state index contributed by atoms with van der Waals surface area (Å²) in [6, 6.07) is 0. The summed E-state index contributed by atoms with van der Waals surface area (Å²) >= 11 is -0.556. The van der Waals surface area contributed by atoms with Gasteiger partial charge in [0.1, 0.15) is 8.24 Å². The van der Waals surface area contributed by atoms with Gasteiger partial charge in [-0.3, -0.25) is 0 Å². The molecule has 0 N–H and O–H groups in total. The summed E-state index contributed by atoms with van der Waals surface area (Å²) in [7, 11) is 8.29. The van der Waals surface area contributed by atoms with Gasteiger partial charge in [-0.1, -0.05) is 70.0 Å². The van der Waals surface area contributed by atoms with Gasteiger partial charge in [0, 0.05) is 0 Å². The Morgan fingerprint density at radius 1 is 1.10 bits per heavy atom. The zero-order chi connectivity index (χ0) is 21.7. The number of hydrogen-bond donors (Lipinski definition) is 0. The van der Waals surface area contributed by atoms with Crippen LogP contribution >= 0.6 is 18.6 Å². The van der Waals surface area contributed by atoms with Crippen molar-refractivity contribution in [2.24, 2.45) is 29.6 Å². The Morgan fingerprint density at radius 3 is 2.29 bits per heavy atom. The van der Waals surface area contributed by atoms with Gasteiger partial charge in [0.05, 0.1) is 0 Å². The van der Waals surface area contributed by atoms with E-state index in [1.807, 2.05) is 5.57 Å². The number of rotatable bonds is 4. The minimum absolute atomic E-state index is 0. The van der Waals surface area contributed by atoms with Crippen LogP contribution in [0.1, 0.15) is 52.4 Å². The number of piperazine rings is 1. The maximum atomic E-state index is 4.89. The molecule has 0 radical (unpaired) electrons. The van der Waals surface area contributed by atoms with Gasteiger partial charge in [-0.25, -0.2) is 0 Å². The van der Waals surface area contributed by atoms with E-state index in [1.54, 1.807) is 0 Å². The van der Waals surface area contributed by atoms with Gasteiger partial charge >= 0.3 is 35.6 Å². The molecule has 2 nitrogen and oxygen atoms in total. The summed E-state index contributed by atoms with van der Waals surface area (Å²) in [5.41, 5.74) is 2.76. The van der Waals surface area contributed by atoms with E-state index < -0.39 is 25.3 Å². The zero-order valence-electron chi connectivity index (χ0n) is 20.4. The second kappa shape index (κ2) is 13.1. The average molecular weight is 520 g/mol. The fraction of sp³-hybridized carbons (Fsp3) is 0.800. The van der Waals surface area contributed by atoms with Crippen LogP contribution in [0.3, 0.4) is 0 Å². The van der Waals surface area contributed by atoms with Gasteiger partial charge in [0.15, 0.2) is 0 Å². The van der Waals surface area contributed by atoms with Crippen LogP contribution in [0.15, 0.2) is 23.8 Å².